The number of pyridine rings is 1. The molecule has 6 nitrogen and oxygen atoms in total. The zero-order valence-electron chi connectivity index (χ0n) is 15.0. The molecule has 2 heterocycles. The number of hydrogen-bond acceptors (Lipinski definition) is 5. The van der Waals surface area contributed by atoms with Gasteiger partial charge in [0.2, 0.25) is 0 Å². The van der Waals surface area contributed by atoms with Crippen LogP contribution in [0, 0.1) is 6.92 Å². The van der Waals surface area contributed by atoms with E-state index >= 15 is 0 Å². The van der Waals surface area contributed by atoms with Crippen molar-refractivity contribution in [1.29, 1.82) is 0 Å². The van der Waals surface area contributed by atoms with Gasteiger partial charge in [-0.2, -0.15) is 0 Å². The van der Waals surface area contributed by atoms with Crippen LogP contribution in [-0.2, 0) is 4.74 Å². The average Bonchev–Trinajstić information content (AvgIpc) is 3.07. The lowest BCUT2D eigenvalue weighted by Gasteiger charge is -2.08. The van der Waals surface area contributed by atoms with Gasteiger partial charge in [-0.15, -0.1) is 0 Å². The van der Waals surface area contributed by atoms with Gasteiger partial charge < -0.3 is 18.6 Å². The molecule has 1 aromatic carbocycles. The highest BCUT2D eigenvalue weighted by molar-refractivity contribution is 5.88. The van der Waals surface area contributed by atoms with Gasteiger partial charge in [0.05, 0.1) is 6.61 Å². The molecule has 0 radical (unpaired) electrons. The van der Waals surface area contributed by atoms with Crippen molar-refractivity contribution in [2.45, 2.75) is 20.3 Å². The largest absolute Gasteiger partial charge is 0.494 e. The maximum Gasteiger partial charge on any atom is 0.358 e. The van der Waals surface area contributed by atoms with Gasteiger partial charge in [0.1, 0.15) is 30.4 Å². The van der Waals surface area contributed by atoms with Crippen LogP contribution in [0.2, 0.25) is 0 Å². The first-order valence-corrected chi connectivity index (χ1v) is 8.64. The van der Waals surface area contributed by atoms with E-state index < -0.39 is 5.97 Å². The van der Waals surface area contributed by atoms with Gasteiger partial charge >= 0.3 is 5.97 Å². The lowest BCUT2D eigenvalue weighted by molar-refractivity contribution is 0.0444. The van der Waals surface area contributed by atoms with Crippen molar-refractivity contribution in [3.63, 3.8) is 0 Å². The van der Waals surface area contributed by atoms with Gasteiger partial charge in [0, 0.05) is 12.4 Å². The molecule has 0 aliphatic carbocycles. The maximum absolute atomic E-state index is 12.1. The molecule has 0 aliphatic rings. The molecule has 0 aliphatic heterocycles. The molecular formula is C20H22N2O4. The fraction of sp³-hybridized carbons (Fsp3) is 0.300. The van der Waals surface area contributed by atoms with E-state index in [9.17, 15) is 4.79 Å². The second-order valence-corrected chi connectivity index (χ2v) is 5.90. The van der Waals surface area contributed by atoms with Gasteiger partial charge in [-0.25, -0.2) is 9.78 Å². The van der Waals surface area contributed by atoms with Crippen molar-refractivity contribution in [1.82, 2.24) is 9.38 Å². The number of rotatable bonds is 8. The topological polar surface area (TPSA) is 62.1 Å². The van der Waals surface area contributed by atoms with Crippen LogP contribution in [0.15, 0.2) is 48.8 Å². The van der Waals surface area contributed by atoms with Crippen LogP contribution in [-0.4, -0.2) is 35.2 Å². The number of aromatic nitrogens is 2. The van der Waals surface area contributed by atoms with Gasteiger partial charge in [-0.3, -0.25) is 0 Å². The van der Waals surface area contributed by atoms with Crippen LogP contribution in [0.1, 0.15) is 29.4 Å². The zero-order chi connectivity index (χ0) is 18.4. The first kappa shape index (κ1) is 17.8. The summed E-state index contributed by atoms with van der Waals surface area (Å²) in [5.41, 5.74) is 2.09. The standard InChI is InChI=1S/C20H22N2O4/c1-3-10-24-16-4-6-17(7-5-16)25-11-12-26-20(23)18-14-22-9-8-15(2)13-19(22)21-18/h4-9,13-14H,3,10-12H2,1-2H3. The Morgan fingerprint density at radius 3 is 2.42 bits per heavy atom. The first-order chi connectivity index (χ1) is 12.7. The normalized spacial score (nSPS) is 10.7. The van der Waals surface area contributed by atoms with Gasteiger partial charge in [-0.1, -0.05) is 6.92 Å². The molecule has 2 aromatic heterocycles. The minimum absolute atomic E-state index is 0.153. The zero-order valence-corrected chi connectivity index (χ0v) is 15.0. The summed E-state index contributed by atoms with van der Waals surface area (Å²) in [5.74, 6) is 1.05. The van der Waals surface area contributed by atoms with E-state index in [1.54, 1.807) is 10.6 Å². The fourth-order valence-electron chi connectivity index (χ4n) is 2.40. The van der Waals surface area contributed by atoms with Gasteiger partial charge in [0.15, 0.2) is 5.69 Å². The third-order valence-electron chi connectivity index (χ3n) is 3.71. The predicted octanol–water partition coefficient (Wildman–Crippen LogP) is 3.67. The molecule has 3 aromatic rings. The number of esters is 1. The van der Waals surface area contributed by atoms with E-state index in [0.717, 1.165) is 23.4 Å². The van der Waals surface area contributed by atoms with Gasteiger partial charge in [-0.05, 0) is 55.3 Å². The summed E-state index contributed by atoms with van der Waals surface area (Å²) in [6, 6.07) is 11.2. The van der Waals surface area contributed by atoms with Crippen molar-refractivity contribution in [2.75, 3.05) is 19.8 Å². The summed E-state index contributed by atoms with van der Waals surface area (Å²) in [7, 11) is 0. The third-order valence-corrected chi connectivity index (χ3v) is 3.71. The smallest absolute Gasteiger partial charge is 0.358 e. The molecule has 0 fully saturated rings. The summed E-state index contributed by atoms with van der Waals surface area (Å²) in [5, 5.41) is 0. The molecule has 3 rings (SSSR count). The summed E-state index contributed by atoms with van der Waals surface area (Å²) < 4.78 is 18.1. The van der Waals surface area contributed by atoms with E-state index in [1.807, 2.05) is 49.5 Å². The molecule has 0 amide bonds. The van der Waals surface area contributed by atoms with Gasteiger partial charge in [0.25, 0.3) is 0 Å². The molecule has 0 saturated heterocycles. The van der Waals surface area contributed by atoms with E-state index in [4.69, 9.17) is 14.2 Å². The Morgan fingerprint density at radius 2 is 1.73 bits per heavy atom. The molecule has 0 saturated carbocycles. The SMILES string of the molecule is CCCOc1ccc(OCCOC(=O)c2cn3ccc(C)cc3n2)cc1. The lowest BCUT2D eigenvalue weighted by atomic mass is 10.3. The van der Waals surface area contributed by atoms with Crippen LogP contribution >= 0.6 is 0 Å². The Balaban J connectivity index is 1.45. The number of ether oxygens (including phenoxy) is 3. The van der Waals surface area contributed by atoms with Crippen LogP contribution in [0.3, 0.4) is 0 Å². The number of nitrogens with zero attached hydrogens (tertiary/aromatic N) is 2. The highest BCUT2D eigenvalue weighted by atomic mass is 16.6. The monoisotopic (exact) mass is 354 g/mol. The van der Waals surface area contributed by atoms with E-state index in [1.165, 1.54) is 0 Å². The Morgan fingerprint density at radius 1 is 1.04 bits per heavy atom. The Labute approximate surface area is 152 Å². The fourth-order valence-corrected chi connectivity index (χ4v) is 2.40. The van der Waals surface area contributed by atoms with Crippen molar-refractivity contribution < 1.29 is 19.0 Å². The summed E-state index contributed by atoms with van der Waals surface area (Å²) >= 11 is 0. The Hall–Kier alpha value is -3.02. The molecule has 0 atom stereocenters. The van der Waals surface area contributed by atoms with Crippen molar-refractivity contribution in [3.8, 4) is 11.5 Å². The van der Waals surface area contributed by atoms with Crippen molar-refractivity contribution in [3.05, 3.63) is 60.0 Å². The molecule has 0 unspecified atom stereocenters. The predicted molar refractivity (Wildman–Crippen MR) is 97.9 cm³/mol. The molecular weight excluding hydrogens is 332 g/mol. The molecule has 0 spiro atoms. The average molecular weight is 354 g/mol. The molecule has 6 heteroatoms. The summed E-state index contributed by atoms with van der Waals surface area (Å²) in [6.07, 6.45) is 4.49. The summed E-state index contributed by atoms with van der Waals surface area (Å²) in [6.45, 7) is 5.16. The van der Waals surface area contributed by atoms with Crippen LogP contribution in [0.25, 0.3) is 5.65 Å². The maximum atomic E-state index is 12.1. The third kappa shape index (κ3) is 4.53. The van der Waals surface area contributed by atoms with Crippen molar-refractivity contribution >= 4 is 11.6 Å². The van der Waals surface area contributed by atoms with E-state index in [2.05, 4.69) is 11.9 Å². The number of carbonyl (C=O) groups excluding carboxylic acids is 1. The van der Waals surface area contributed by atoms with Crippen molar-refractivity contribution in [2.24, 2.45) is 0 Å². The molecule has 136 valence electrons. The number of benzene rings is 1. The van der Waals surface area contributed by atoms with Crippen LogP contribution < -0.4 is 9.47 Å². The van der Waals surface area contributed by atoms with E-state index in [-0.39, 0.29) is 18.9 Å². The Kier molecular flexibility index (Phi) is 5.73. The number of fused-ring (bicyclic) bond motifs is 1. The second-order valence-electron chi connectivity index (χ2n) is 5.90. The Bertz CT molecular complexity index is 871. The molecule has 0 N–H and O–H groups in total. The number of carbonyl (C=O) groups is 1. The quantitative estimate of drug-likeness (QED) is 0.456. The number of hydrogen-bond donors (Lipinski definition) is 0. The van der Waals surface area contributed by atoms with Crippen LogP contribution in [0.4, 0.5) is 0 Å². The number of aryl methyl sites for hydroxylation is 1. The highest BCUT2D eigenvalue weighted by Gasteiger charge is 2.12. The molecule has 0 bridgehead atoms. The van der Waals surface area contributed by atoms with Crippen LogP contribution in [0.5, 0.6) is 11.5 Å². The highest BCUT2D eigenvalue weighted by Crippen LogP contribution is 2.17. The first-order valence-electron chi connectivity index (χ1n) is 8.64. The number of imidazole rings is 1. The lowest BCUT2D eigenvalue weighted by Crippen LogP contribution is -2.12. The van der Waals surface area contributed by atoms with E-state index in [0.29, 0.717) is 12.4 Å². The minimum atomic E-state index is -0.460. The minimum Gasteiger partial charge on any atom is -0.494 e. The second kappa shape index (κ2) is 8.38. The summed E-state index contributed by atoms with van der Waals surface area (Å²) in [4.78, 5) is 16.4. The molecule has 26 heavy (non-hydrogen) atoms.